The molecule has 0 aliphatic rings. The molecule has 0 heterocycles. The number of alkyl halides is 2. The zero-order valence-corrected chi connectivity index (χ0v) is 14.8. The molecule has 2 aromatic carbocycles. The van der Waals surface area contributed by atoms with E-state index in [1.807, 2.05) is 48.5 Å². The molecule has 2 rings (SSSR count). The lowest BCUT2D eigenvalue weighted by Gasteiger charge is -2.27. The van der Waals surface area contributed by atoms with Gasteiger partial charge in [-0.05, 0) is 22.3 Å². The van der Waals surface area contributed by atoms with Crippen molar-refractivity contribution in [3.8, 4) is 0 Å². The Morgan fingerprint density at radius 2 is 1.04 bits per heavy atom. The average molecular weight is 353 g/mol. The second kappa shape index (κ2) is 7.67. The van der Waals surface area contributed by atoms with E-state index in [9.17, 15) is 10.2 Å². The molecule has 0 radical (unpaired) electrons. The number of rotatable bonds is 6. The summed E-state index contributed by atoms with van der Waals surface area (Å²) >= 11 is 11.4. The second-order valence-electron chi connectivity index (χ2n) is 6.21. The van der Waals surface area contributed by atoms with Crippen LogP contribution in [0.15, 0.2) is 48.5 Å². The SMILES string of the molecule is CC(C)(c1ccc(C(O)CCl)cc1)c1ccc(C(O)CCl)cc1. The quantitative estimate of drug-likeness (QED) is 0.748. The molecule has 4 heteroatoms. The molecular weight excluding hydrogens is 331 g/mol. The van der Waals surface area contributed by atoms with Gasteiger partial charge in [-0.25, -0.2) is 0 Å². The number of benzene rings is 2. The molecule has 0 saturated heterocycles. The van der Waals surface area contributed by atoms with Gasteiger partial charge in [0.2, 0.25) is 0 Å². The summed E-state index contributed by atoms with van der Waals surface area (Å²) < 4.78 is 0. The number of hydrogen-bond acceptors (Lipinski definition) is 2. The summed E-state index contributed by atoms with van der Waals surface area (Å²) in [5.41, 5.74) is 3.75. The van der Waals surface area contributed by atoms with E-state index >= 15 is 0 Å². The minimum absolute atomic E-state index is 0.186. The monoisotopic (exact) mass is 352 g/mol. The van der Waals surface area contributed by atoms with Crippen LogP contribution in [0.4, 0.5) is 0 Å². The standard InChI is InChI=1S/C19H22Cl2O2/c1-19(2,15-7-3-13(4-8-15)17(22)11-20)16-9-5-14(6-10-16)18(23)12-21/h3-10,17-18,22-23H,11-12H2,1-2H3. The first-order valence-corrected chi connectivity index (χ1v) is 8.66. The minimum Gasteiger partial charge on any atom is -0.387 e. The van der Waals surface area contributed by atoms with E-state index in [-0.39, 0.29) is 17.2 Å². The Balaban J connectivity index is 2.26. The Bertz CT molecular complexity index is 565. The molecule has 0 aromatic heterocycles. The first-order valence-electron chi connectivity index (χ1n) is 7.59. The third-order valence-electron chi connectivity index (χ3n) is 4.33. The highest BCUT2D eigenvalue weighted by Gasteiger charge is 2.23. The molecule has 2 aromatic rings. The molecule has 2 atom stereocenters. The van der Waals surface area contributed by atoms with Gasteiger partial charge in [-0.1, -0.05) is 62.4 Å². The van der Waals surface area contributed by atoms with Crippen molar-refractivity contribution in [3.63, 3.8) is 0 Å². The van der Waals surface area contributed by atoms with Gasteiger partial charge in [0.1, 0.15) is 0 Å². The molecule has 23 heavy (non-hydrogen) atoms. The molecule has 0 saturated carbocycles. The summed E-state index contributed by atoms with van der Waals surface area (Å²) in [5, 5.41) is 19.6. The molecule has 0 aliphatic carbocycles. The van der Waals surface area contributed by atoms with Gasteiger partial charge in [0.15, 0.2) is 0 Å². The van der Waals surface area contributed by atoms with Crippen LogP contribution in [0, 0.1) is 0 Å². The zero-order valence-electron chi connectivity index (χ0n) is 13.3. The van der Waals surface area contributed by atoms with Crippen LogP contribution in [0.25, 0.3) is 0 Å². The Morgan fingerprint density at radius 1 is 0.739 bits per heavy atom. The molecule has 0 fully saturated rings. The maximum atomic E-state index is 9.78. The van der Waals surface area contributed by atoms with Gasteiger partial charge in [0.25, 0.3) is 0 Å². The molecule has 0 spiro atoms. The van der Waals surface area contributed by atoms with Crippen LogP contribution in [0.5, 0.6) is 0 Å². The summed E-state index contributed by atoms with van der Waals surface area (Å²) in [6.45, 7) is 4.29. The molecular formula is C19H22Cl2O2. The summed E-state index contributed by atoms with van der Waals surface area (Å²) in [4.78, 5) is 0. The lowest BCUT2D eigenvalue weighted by molar-refractivity contribution is 0.202. The maximum Gasteiger partial charge on any atom is 0.0925 e. The number of hydrogen-bond donors (Lipinski definition) is 2. The van der Waals surface area contributed by atoms with Gasteiger partial charge in [0, 0.05) is 5.41 Å². The molecule has 2 N–H and O–H groups in total. The maximum absolute atomic E-state index is 9.78. The largest absolute Gasteiger partial charge is 0.387 e. The number of aliphatic hydroxyl groups excluding tert-OH is 2. The van der Waals surface area contributed by atoms with Gasteiger partial charge in [-0.15, -0.1) is 23.2 Å². The molecule has 0 bridgehead atoms. The van der Waals surface area contributed by atoms with Gasteiger partial charge in [-0.2, -0.15) is 0 Å². The highest BCUT2D eigenvalue weighted by atomic mass is 35.5. The highest BCUT2D eigenvalue weighted by molar-refractivity contribution is 6.18. The molecule has 2 unspecified atom stereocenters. The minimum atomic E-state index is -0.634. The Kier molecular flexibility index (Phi) is 6.10. The van der Waals surface area contributed by atoms with Crippen LogP contribution < -0.4 is 0 Å². The van der Waals surface area contributed by atoms with Crippen molar-refractivity contribution in [2.75, 3.05) is 11.8 Å². The molecule has 0 amide bonds. The van der Waals surface area contributed by atoms with Crippen LogP contribution in [0.1, 0.15) is 48.3 Å². The summed E-state index contributed by atoms with van der Waals surface area (Å²) in [5.74, 6) is 0.375. The fourth-order valence-electron chi connectivity index (χ4n) is 2.59. The topological polar surface area (TPSA) is 40.5 Å². The van der Waals surface area contributed by atoms with E-state index in [1.165, 1.54) is 0 Å². The van der Waals surface area contributed by atoms with E-state index < -0.39 is 12.2 Å². The van der Waals surface area contributed by atoms with Crippen molar-refractivity contribution in [1.29, 1.82) is 0 Å². The van der Waals surface area contributed by atoms with Crippen molar-refractivity contribution < 1.29 is 10.2 Å². The Labute approximate surface area is 147 Å². The fraction of sp³-hybridized carbons (Fsp3) is 0.368. The first kappa shape index (κ1) is 18.3. The smallest absolute Gasteiger partial charge is 0.0925 e. The van der Waals surface area contributed by atoms with Crippen molar-refractivity contribution in [2.24, 2.45) is 0 Å². The van der Waals surface area contributed by atoms with E-state index in [4.69, 9.17) is 23.2 Å². The van der Waals surface area contributed by atoms with E-state index in [1.54, 1.807) is 0 Å². The van der Waals surface area contributed by atoms with Crippen molar-refractivity contribution >= 4 is 23.2 Å². The fourth-order valence-corrected chi connectivity index (χ4v) is 2.95. The van der Waals surface area contributed by atoms with Crippen molar-refractivity contribution in [2.45, 2.75) is 31.5 Å². The second-order valence-corrected chi connectivity index (χ2v) is 6.83. The molecule has 0 aliphatic heterocycles. The zero-order chi connectivity index (χ0) is 17.0. The molecule has 2 nitrogen and oxygen atoms in total. The van der Waals surface area contributed by atoms with Gasteiger partial charge in [0.05, 0.1) is 24.0 Å². The number of halogens is 2. The summed E-state index contributed by atoms with van der Waals surface area (Å²) in [6, 6.07) is 15.7. The van der Waals surface area contributed by atoms with Crippen LogP contribution >= 0.6 is 23.2 Å². The average Bonchev–Trinajstić information content (AvgIpc) is 2.60. The van der Waals surface area contributed by atoms with Gasteiger partial charge in [-0.3, -0.25) is 0 Å². The highest BCUT2D eigenvalue weighted by Crippen LogP contribution is 2.33. The van der Waals surface area contributed by atoms with Crippen molar-refractivity contribution in [3.05, 3.63) is 70.8 Å². The van der Waals surface area contributed by atoms with Crippen LogP contribution in [0.3, 0.4) is 0 Å². The Morgan fingerprint density at radius 3 is 1.30 bits per heavy atom. The Hall–Kier alpha value is -1.06. The van der Waals surface area contributed by atoms with Crippen LogP contribution in [-0.4, -0.2) is 22.0 Å². The van der Waals surface area contributed by atoms with E-state index in [0.29, 0.717) is 0 Å². The van der Waals surface area contributed by atoms with Crippen LogP contribution in [0.2, 0.25) is 0 Å². The summed E-state index contributed by atoms with van der Waals surface area (Å²) in [6.07, 6.45) is -1.27. The predicted octanol–water partition coefficient (Wildman–Crippen LogP) is 4.56. The van der Waals surface area contributed by atoms with E-state index in [2.05, 4.69) is 13.8 Å². The van der Waals surface area contributed by atoms with E-state index in [0.717, 1.165) is 22.3 Å². The van der Waals surface area contributed by atoms with Crippen LogP contribution in [-0.2, 0) is 5.41 Å². The molecule has 124 valence electrons. The summed E-state index contributed by atoms with van der Waals surface area (Å²) in [7, 11) is 0. The predicted molar refractivity (Wildman–Crippen MR) is 96.4 cm³/mol. The third kappa shape index (κ3) is 4.07. The number of aliphatic hydroxyl groups is 2. The lowest BCUT2D eigenvalue weighted by Crippen LogP contribution is -2.19. The lowest BCUT2D eigenvalue weighted by atomic mass is 9.77. The normalized spacial score (nSPS) is 14.5. The first-order chi connectivity index (χ1) is 10.9. The van der Waals surface area contributed by atoms with Crippen molar-refractivity contribution in [1.82, 2.24) is 0 Å². The van der Waals surface area contributed by atoms with Gasteiger partial charge < -0.3 is 10.2 Å². The third-order valence-corrected chi connectivity index (χ3v) is 4.91. The van der Waals surface area contributed by atoms with Gasteiger partial charge >= 0.3 is 0 Å².